The number of nitrogens with zero attached hydrogens (tertiary/aromatic N) is 5. The Balaban J connectivity index is 2.07. The summed E-state index contributed by atoms with van der Waals surface area (Å²) in [6.07, 6.45) is 1.69. The molecule has 0 unspecified atom stereocenters. The number of carboxylic acids is 1. The van der Waals surface area contributed by atoms with Gasteiger partial charge in [-0.25, -0.2) is 9.31 Å². The number of likely N-dealkylation sites (N-methyl/N-ethyl adjacent to an activating group) is 1. The number of carboxylic acid groups (broad SMARTS) is 1. The highest BCUT2D eigenvalue weighted by Crippen LogP contribution is 2.23. The molecular formula is C12H16N6O2. The van der Waals surface area contributed by atoms with Crippen LogP contribution < -0.4 is 10.6 Å². The van der Waals surface area contributed by atoms with Crippen LogP contribution in [0, 0.1) is 0 Å². The summed E-state index contributed by atoms with van der Waals surface area (Å²) in [4.78, 5) is 19.7. The van der Waals surface area contributed by atoms with Gasteiger partial charge in [-0.05, 0) is 13.1 Å². The fourth-order valence-electron chi connectivity index (χ4n) is 2.41. The standard InChI is InChI=1S/C12H16N6O2/c1-16-2-4-17(5-3-16)9-7-18-10(14-12(13)15-18)6-8(9)11(19)20/h6-7H,2-5H2,1H3,(H2,13,15)(H,19,20). The lowest BCUT2D eigenvalue weighted by molar-refractivity contribution is 0.0697. The monoisotopic (exact) mass is 276 g/mol. The average Bonchev–Trinajstić information content (AvgIpc) is 2.77. The summed E-state index contributed by atoms with van der Waals surface area (Å²) in [7, 11) is 2.05. The highest BCUT2D eigenvalue weighted by molar-refractivity contribution is 5.95. The molecule has 0 bridgehead atoms. The summed E-state index contributed by atoms with van der Waals surface area (Å²) >= 11 is 0. The number of hydrogen-bond donors (Lipinski definition) is 2. The number of carbonyl (C=O) groups is 1. The molecule has 3 N–H and O–H groups in total. The first-order valence-corrected chi connectivity index (χ1v) is 6.37. The number of hydrogen-bond acceptors (Lipinski definition) is 6. The van der Waals surface area contributed by atoms with Crippen LogP contribution in [0.4, 0.5) is 11.6 Å². The highest BCUT2D eigenvalue weighted by Gasteiger charge is 2.21. The van der Waals surface area contributed by atoms with Gasteiger partial charge in [0, 0.05) is 26.2 Å². The number of pyridine rings is 1. The van der Waals surface area contributed by atoms with E-state index in [1.54, 1.807) is 6.20 Å². The zero-order valence-corrected chi connectivity index (χ0v) is 11.2. The van der Waals surface area contributed by atoms with E-state index in [-0.39, 0.29) is 11.5 Å². The number of anilines is 2. The highest BCUT2D eigenvalue weighted by atomic mass is 16.4. The van der Waals surface area contributed by atoms with E-state index in [1.807, 2.05) is 0 Å². The van der Waals surface area contributed by atoms with Crippen LogP contribution in [-0.4, -0.2) is 63.8 Å². The number of aromatic nitrogens is 3. The summed E-state index contributed by atoms with van der Waals surface area (Å²) in [5, 5.41) is 13.4. The molecule has 0 amide bonds. The summed E-state index contributed by atoms with van der Waals surface area (Å²) < 4.78 is 1.52. The van der Waals surface area contributed by atoms with Crippen LogP contribution >= 0.6 is 0 Å². The SMILES string of the molecule is CN1CCN(c2cn3nc(N)nc3cc2C(=O)O)CC1. The quantitative estimate of drug-likeness (QED) is 0.780. The van der Waals surface area contributed by atoms with E-state index < -0.39 is 5.97 Å². The third-order valence-corrected chi connectivity index (χ3v) is 3.54. The predicted molar refractivity (Wildman–Crippen MR) is 74.1 cm³/mol. The Labute approximate surface area is 115 Å². The second-order valence-corrected chi connectivity index (χ2v) is 4.94. The van der Waals surface area contributed by atoms with Gasteiger partial charge in [0.15, 0.2) is 5.65 Å². The molecule has 0 atom stereocenters. The number of nitrogens with two attached hydrogens (primary N) is 1. The molecular weight excluding hydrogens is 260 g/mol. The van der Waals surface area contributed by atoms with Crippen molar-refractivity contribution in [1.82, 2.24) is 19.5 Å². The van der Waals surface area contributed by atoms with Crippen molar-refractivity contribution in [1.29, 1.82) is 0 Å². The number of rotatable bonds is 2. The first-order valence-electron chi connectivity index (χ1n) is 6.37. The van der Waals surface area contributed by atoms with Crippen LogP contribution in [0.2, 0.25) is 0 Å². The molecule has 1 fully saturated rings. The van der Waals surface area contributed by atoms with Crippen LogP contribution in [0.15, 0.2) is 12.3 Å². The van der Waals surface area contributed by atoms with Crippen LogP contribution in [0.25, 0.3) is 5.65 Å². The molecule has 2 aromatic heterocycles. The topological polar surface area (TPSA) is 100.0 Å². The van der Waals surface area contributed by atoms with Gasteiger partial charge in [0.05, 0.1) is 17.4 Å². The van der Waals surface area contributed by atoms with Crippen molar-refractivity contribution in [3.05, 3.63) is 17.8 Å². The van der Waals surface area contributed by atoms with Crippen LogP contribution in [0.3, 0.4) is 0 Å². The maximum atomic E-state index is 11.5. The normalized spacial score (nSPS) is 16.8. The number of aromatic carboxylic acids is 1. The van der Waals surface area contributed by atoms with Gasteiger partial charge < -0.3 is 20.6 Å². The minimum Gasteiger partial charge on any atom is -0.478 e. The van der Waals surface area contributed by atoms with Gasteiger partial charge in [-0.1, -0.05) is 0 Å². The Hall–Kier alpha value is -2.35. The smallest absolute Gasteiger partial charge is 0.338 e. The van der Waals surface area contributed by atoms with Gasteiger partial charge >= 0.3 is 5.97 Å². The fourth-order valence-corrected chi connectivity index (χ4v) is 2.41. The van der Waals surface area contributed by atoms with E-state index in [2.05, 4.69) is 26.9 Å². The van der Waals surface area contributed by atoms with E-state index >= 15 is 0 Å². The van der Waals surface area contributed by atoms with Gasteiger partial charge in [-0.3, -0.25) is 0 Å². The molecule has 0 saturated carbocycles. The summed E-state index contributed by atoms with van der Waals surface area (Å²) in [6, 6.07) is 1.51. The van der Waals surface area contributed by atoms with Crippen LogP contribution in [0.5, 0.6) is 0 Å². The first-order chi connectivity index (χ1) is 9.54. The summed E-state index contributed by atoms with van der Waals surface area (Å²) in [5.74, 6) is -0.833. The third-order valence-electron chi connectivity index (χ3n) is 3.54. The van der Waals surface area contributed by atoms with E-state index in [9.17, 15) is 9.90 Å². The Bertz CT molecular complexity index is 659. The van der Waals surface area contributed by atoms with Crippen molar-refractivity contribution in [3.8, 4) is 0 Å². The van der Waals surface area contributed by atoms with Gasteiger partial charge in [0.25, 0.3) is 0 Å². The number of piperazine rings is 1. The lowest BCUT2D eigenvalue weighted by Gasteiger charge is -2.34. The predicted octanol–water partition coefficient (Wildman–Crippen LogP) is -0.238. The fraction of sp³-hybridized carbons (Fsp3) is 0.417. The third kappa shape index (κ3) is 2.14. The van der Waals surface area contributed by atoms with Crippen LogP contribution in [0.1, 0.15) is 10.4 Å². The Kier molecular flexibility index (Phi) is 2.94. The summed E-state index contributed by atoms with van der Waals surface area (Å²) in [6.45, 7) is 3.37. The molecule has 8 heteroatoms. The second kappa shape index (κ2) is 4.64. The molecule has 1 aliphatic rings. The Morgan fingerprint density at radius 2 is 2.05 bits per heavy atom. The van der Waals surface area contributed by atoms with E-state index in [0.29, 0.717) is 11.3 Å². The molecule has 1 saturated heterocycles. The Morgan fingerprint density at radius 3 is 2.70 bits per heavy atom. The molecule has 3 heterocycles. The molecule has 3 rings (SSSR count). The molecule has 2 aromatic rings. The number of nitrogen functional groups attached to an aromatic ring is 1. The summed E-state index contributed by atoms with van der Waals surface area (Å²) in [5.41, 5.74) is 6.88. The first kappa shape index (κ1) is 12.7. The maximum Gasteiger partial charge on any atom is 0.338 e. The van der Waals surface area contributed by atoms with Crippen molar-refractivity contribution in [2.24, 2.45) is 0 Å². The van der Waals surface area contributed by atoms with Crippen molar-refractivity contribution in [2.75, 3.05) is 43.9 Å². The molecule has 1 aliphatic heterocycles. The van der Waals surface area contributed by atoms with Crippen LogP contribution in [-0.2, 0) is 0 Å². The van der Waals surface area contributed by atoms with Crippen molar-refractivity contribution >= 4 is 23.3 Å². The van der Waals surface area contributed by atoms with Gasteiger partial charge in [0.1, 0.15) is 0 Å². The Morgan fingerprint density at radius 1 is 1.35 bits per heavy atom. The molecule has 0 spiro atoms. The van der Waals surface area contributed by atoms with Gasteiger partial charge in [-0.15, -0.1) is 5.10 Å². The van der Waals surface area contributed by atoms with E-state index in [1.165, 1.54) is 10.6 Å². The van der Waals surface area contributed by atoms with Gasteiger partial charge in [-0.2, -0.15) is 4.98 Å². The zero-order valence-electron chi connectivity index (χ0n) is 11.2. The maximum absolute atomic E-state index is 11.5. The largest absolute Gasteiger partial charge is 0.478 e. The molecule has 0 aromatic carbocycles. The molecule has 8 nitrogen and oxygen atoms in total. The minimum atomic E-state index is -0.969. The van der Waals surface area contributed by atoms with E-state index in [0.717, 1.165) is 26.2 Å². The molecule has 0 aliphatic carbocycles. The zero-order chi connectivity index (χ0) is 14.3. The molecule has 20 heavy (non-hydrogen) atoms. The van der Waals surface area contributed by atoms with Gasteiger partial charge in [0.2, 0.25) is 5.95 Å². The average molecular weight is 276 g/mol. The molecule has 106 valence electrons. The van der Waals surface area contributed by atoms with Crippen molar-refractivity contribution < 1.29 is 9.90 Å². The minimum absolute atomic E-state index is 0.136. The molecule has 0 radical (unpaired) electrons. The van der Waals surface area contributed by atoms with E-state index in [4.69, 9.17) is 5.73 Å². The van der Waals surface area contributed by atoms with Crippen molar-refractivity contribution in [3.63, 3.8) is 0 Å². The number of fused-ring (bicyclic) bond motifs is 1. The lowest BCUT2D eigenvalue weighted by Crippen LogP contribution is -2.45. The van der Waals surface area contributed by atoms with Crippen molar-refractivity contribution in [2.45, 2.75) is 0 Å². The second-order valence-electron chi connectivity index (χ2n) is 4.94. The lowest BCUT2D eigenvalue weighted by atomic mass is 10.2.